The number of hydrogen-bond donors (Lipinski definition) is 0. The number of hydrogen-bond acceptors (Lipinski definition) is 1. The highest BCUT2D eigenvalue weighted by atomic mass is 79.9. The van der Waals surface area contributed by atoms with Gasteiger partial charge < -0.3 is 0 Å². The highest BCUT2D eigenvalue weighted by molar-refractivity contribution is 9.10. The number of halogens is 3. The molecule has 1 heterocycles. The van der Waals surface area contributed by atoms with Crippen molar-refractivity contribution in [2.24, 2.45) is 7.05 Å². The molecule has 0 bridgehead atoms. The van der Waals surface area contributed by atoms with Gasteiger partial charge in [0.2, 0.25) is 0 Å². The molecule has 1 aromatic carbocycles. The normalized spacial score (nSPS) is 11.5. The molecule has 0 radical (unpaired) electrons. The number of benzene rings is 1. The fourth-order valence-electron chi connectivity index (χ4n) is 1.35. The Morgan fingerprint density at radius 1 is 1.43 bits per heavy atom. The average Bonchev–Trinajstić information content (AvgIpc) is 2.45. The zero-order valence-corrected chi connectivity index (χ0v) is 8.92. The standard InChI is InChI=1S/C9H7BrF2N2/c1-14-4-6-7(10)2-5(9(11)12)3-8(6)13-14/h2-4,9H,1H3. The van der Waals surface area contributed by atoms with Gasteiger partial charge >= 0.3 is 0 Å². The Morgan fingerprint density at radius 2 is 2.14 bits per heavy atom. The molecule has 0 amide bonds. The van der Waals surface area contributed by atoms with Gasteiger partial charge in [-0.25, -0.2) is 8.78 Å². The molecular weight excluding hydrogens is 254 g/mol. The lowest BCUT2D eigenvalue weighted by Crippen LogP contribution is -1.86. The second-order valence-electron chi connectivity index (χ2n) is 3.04. The molecule has 14 heavy (non-hydrogen) atoms. The lowest BCUT2D eigenvalue weighted by atomic mass is 10.2. The molecule has 2 aromatic rings. The summed E-state index contributed by atoms with van der Waals surface area (Å²) in [6.45, 7) is 0. The van der Waals surface area contributed by atoms with Gasteiger partial charge in [-0.3, -0.25) is 4.68 Å². The van der Waals surface area contributed by atoms with Crippen molar-refractivity contribution in [1.29, 1.82) is 0 Å². The van der Waals surface area contributed by atoms with Gasteiger partial charge in [-0.05, 0) is 12.1 Å². The molecule has 0 saturated heterocycles. The molecule has 0 aliphatic heterocycles. The molecule has 0 aliphatic carbocycles. The summed E-state index contributed by atoms with van der Waals surface area (Å²) in [5.41, 5.74) is 0.570. The zero-order valence-electron chi connectivity index (χ0n) is 7.34. The van der Waals surface area contributed by atoms with Gasteiger partial charge in [0.1, 0.15) is 0 Å². The van der Waals surface area contributed by atoms with Crippen molar-refractivity contribution in [3.63, 3.8) is 0 Å². The Balaban J connectivity index is 2.71. The van der Waals surface area contributed by atoms with Crippen LogP contribution in [0.3, 0.4) is 0 Å². The Labute approximate surface area is 87.6 Å². The predicted molar refractivity (Wildman–Crippen MR) is 53.4 cm³/mol. The first kappa shape index (κ1) is 9.58. The van der Waals surface area contributed by atoms with Crippen molar-refractivity contribution in [2.45, 2.75) is 6.43 Å². The van der Waals surface area contributed by atoms with Crippen LogP contribution in [0, 0.1) is 0 Å². The Hall–Kier alpha value is -0.970. The van der Waals surface area contributed by atoms with Crippen molar-refractivity contribution in [3.05, 3.63) is 28.4 Å². The summed E-state index contributed by atoms with van der Waals surface area (Å²) in [4.78, 5) is 0. The van der Waals surface area contributed by atoms with E-state index in [1.807, 2.05) is 0 Å². The van der Waals surface area contributed by atoms with Crippen molar-refractivity contribution in [2.75, 3.05) is 0 Å². The van der Waals surface area contributed by atoms with E-state index in [9.17, 15) is 8.78 Å². The zero-order chi connectivity index (χ0) is 10.3. The van der Waals surface area contributed by atoms with E-state index >= 15 is 0 Å². The number of fused-ring (bicyclic) bond motifs is 1. The van der Waals surface area contributed by atoms with E-state index in [-0.39, 0.29) is 5.56 Å². The molecule has 5 heteroatoms. The van der Waals surface area contributed by atoms with Crippen LogP contribution < -0.4 is 0 Å². The van der Waals surface area contributed by atoms with Gasteiger partial charge in [0, 0.05) is 28.7 Å². The molecule has 0 saturated carbocycles. The van der Waals surface area contributed by atoms with Gasteiger partial charge in [0.15, 0.2) is 0 Å². The SMILES string of the molecule is Cn1cc2c(Br)cc(C(F)F)cc2n1. The second-order valence-corrected chi connectivity index (χ2v) is 3.89. The lowest BCUT2D eigenvalue weighted by Gasteiger charge is -2.00. The minimum absolute atomic E-state index is 0.0110. The van der Waals surface area contributed by atoms with Crippen LogP contribution in [0.2, 0.25) is 0 Å². The topological polar surface area (TPSA) is 17.8 Å². The summed E-state index contributed by atoms with van der Waals surface area (Å²) < 4.78 is 27.1. The van der Waals surface area contributed by atoms with Crippen LogP contribution in [-0.4, -0.2) is 9.78 Å². The number of nitrogens with zero attached hydrogens (tertiary/aromatic N) is 2. The first-order valence-electron chi connectivity index (χ1n) is 3.99. The van der Waals surface area contributed by atoms with Gasteiger partial charge in [0.05, 0.1) is 5.52 Å². The van der Waals surface area contributed by atoms with Crippen LogP contribution in [0.1, 0.15) is 12.0 Å². The van der Waals surface area contributed by atoms with E-state index in [0.29, 0.717) is 9.99 Å². The molecular formula is C9H7BrF2N2. The summed E-state index contributed by atoms with van der Waals surface area (Å²) in [5.74, 6) is 0. The molecule has 0 unspecified atom stereocenters. The molecule has 0 N–H and O–H groups in total. The van der Waals surface area contributed by atoms with Crippen LogP contribution in [0.15, 0.2) is 22.8 Å². The predicted octanol–water partition coefficient (Wildman–Crippen LogP) is 3.27. The maximum Gasteiger partial charge on any atom is 0.263 e. The van der Waals surface area contributed by atoms with Crippen LogP contribution in [0.5, 0.6) is 0 Å². The minimum atomic E-state index is -2.46. The highest BCUT2D eigenvalue weighted by Crippen LogP contribution is 2.29. The van der Waals surface area contributed by atoms with E-state index < -0.39 is 6.43 Å². The third-order valence-corrected chi connectivity index (χ3v) is 2.62. The van der Waals surface area contributed by atoms with Crippen LogP contribution in [-0.2, 0) is 7.05 Å². The van der Waals surface area contributed by atoms with E-state index in [4.69, 9.17) is 0 Å². The number of alkyl halides is 2. The van der Waals surface area contributed by atoms with Crippen LogP contribution in [0.4, 0.5) is 8.78 Å². The minimum Gasteiger partial charge on any atom is -0.275 e. The molecule has 0 aliphatic rings. The Kier molecular flexibility index (Phi) is 2.26. The summed E-state index contributed by atoms with van der Waals surface area (Å²) >= 11 is 3.24. The molecule has 2 nitrogen and oxygen atoms in total. The first-order valence-corrected chi connectivity index (χ1v) is 4.78. The molecule has 1 aromatic heterocycles. The van der Waals surface area contributed by atoms with Gasteiger partial charge in [-0.2, -0.15) is 5.10 Å². The van der Waals surface area contributed by atoms with E-state index in [1.165, 1.54) is 12.1 Å². The lowest BCUT2D eigenvalue weighted by molar-refractivity contribution is 0.151. The number of aromatic nitrogens is 2. The fourth-order valence-corrected chi connectivity index (χ4v) is 1.92. The summed E-state index contributed by atoms with van der Waals surface area (Å²) in [7, 11) is 1.76. The van der Waals surface area contributed by atoms with Crippen molar-refractivity contribution >= 4 is 26.8 Å². The molecule has 74 valence electrons. The summed E-state index contributed by atoms with van der Waals surface area (Å²) in [6.07, 6.45) is -0.674. The Bertz CT molecular complexity index is 479. The highest BCUT2D eigenvalue weighted by Gasteiger charge is 2.11. The number of aryl methyl sites for hydroxylation is 1. The summed E-state index contributed by atoms with van der Waals surface area (Å²) in [6, 6.07) is 2.83. The largest absolute Gasteiger partial charge is 0.275 e. The fraction of sp³-hybridized carbons (Fsp3) is 0.222. The summed E-state index contributed by atoms with van der Waals surface area (Å²) in [5, 5.41) is 4.91. The van der Waals surface area contributed by atoms with Crippen LogP contribution in [0.25, 0.3) is 10.9 Å². The van der Waals surface area contributed by atoms with Crippen molar-refractivity contribution < 1.29 is 8.78 Å². The monoisotopic (exact) mass is 260 g/mol. The van der Waals surface area contributed by atoms with Gasteiger partial charge in [-0.1, -0.05) is 15.9 Å². The van der Waals surface area contributed by atoms with E-state index in [2.05, 4.69) is 21.0 Å². The third kappa shape index (κ3) is 1.52. The molecule has 0 atom stereocenters. The van der Waals surface area contributed by atoms with Gasteiger partial charge in [-0.15, -0.1) is 0 Å². The Morgan fingerprint density at radius 3 is 2.79 bits per heavy atom. The third-order valence-electron chi connectivity index (χ3n) is 1.96. The van der Waals surface area contributed by atoms with E-state index in [1.54, 1.807) is 17.9 Å². The van der Waals surface area contributed by atoms with Crippen LogP contribution >= 0.6 is 15.9 Å². The van der Waals surface area contributed by atoms with Crippen molar-refractivity contribution in [1.82, 2.24) is 9.78 Å². The van der Waals surface area contributed by atoms with Crippen molar-refractivity contribution in [3.8, 4) is 0 Å². The average molecular weight is 261 g/mol. The molecule has 2 rings (SSSR count). The maximum absolute atomic E-state index is 12.4. The number of rotatable bonds is 1. The second kappa shape index (κ2) is 3.31. The molecule has 0 spiro atoms. The quantitative estimate of drug-likeness (QED) is 0.770. The van der Waals surface area contributed by atoms with E-state index in [0.717, 1.165) is 5.39 Å². The van der Waals surface area contributed by atoms with Gasteiger partial charge in [0.25, 0.3) is 6.43 Å². The smallest absolute Gasteiger partial charge is 0.263 e. The first-order chi connectivity index (χ1) is 6.58. The maximum atomic E-state index is 12.4. The molecule has 0 fully saturated rings.